The van der Waals surface area contributed by atoms with Crippen LogP contribution < -0.4 is 5.11 Å². The van der Waals surface area contributed by atoms with Crippen LogP contribution in [-0.4, -0.2) is 31.1 Å². The summed E-state index contributed by atoms with van der Waals surface area (Å²) < 4.78 is 10.6. The van der Waals surface area contributed by atoms with Crippen LogP contribution in [0.1, 0.15) is 86.0 Å². The number of fused-ring (bicyclic) bond motifs is 1. The SMILES string of the molecule is COC(=O)C(C)CCC1(C)C(C(C)OC(=O)CCC(=O)[O-])CCC2(C)C(C)=CCCC21. The van der Waals surface area contributed by atoms with Gasteiger partial charge in [0.05, 0.1) is 19.4 Å². The topological polar surface area (TPSA) is 92.7 Å². The van der Waals surface area contributed by atoms with Crippen LogP contribution in [0.2, 0.25) is 0 Å². The van der Waals surface area contributed by atoms with Crippen LogP contribution in [0.5, 0.6) is 0 Å². The number of esters is 2. The zero-order valence-corrected chi connectivity index (χ0v) is 20.0. The molecule has 6 unspecified atom stereocenters. The van der Waals surface area contributed by atoms with E-state index in [0.717, 1.165) is 38.5 Å². The Balaban J connectivity index is 2.26. The fourth-order valence-electron chi connectivity index (χ4n) is 6.30. The normalized spacial score (nSPS) is 32.3. The number of rotatable bonds is 9. The predicted molar refractivity (Wildman–Crippen MR) is 116 cm³/mol. The molecule has 6 atom stereocenters. The Kier molecular flexibility index (Phi) is 8.34. The molecule has 31 heavy (non-hydrogen) atoms. The first-order chi connectivity index (χ1) is 14.5. The van der Waals surface area contributed by atoms with Crippen molar-refractivity contribution in [1.29, 1.82) is 0 Å². The van der Waals surface area contributed by atoms with Gasteiger partial charge in [0.1, 0.15) is 6.10 Å². The highest BCUT2D eigenvalue weighted by molar-refractivity contribution is 5.75. The zero-order valence-electron chi connectivity index (χ0n) is 20.0. The molecule has 6 heteroatoms. The summed E-state index contributed by atoms with van der Waals surface area (Å²) in [4.78, 5) is 34.9. The minimum Gasteiger partial charge on any atom is -0.550 e. The molecular formula is C25H39O6-. The van der Waals surface area contributed by atoms with Gasteiger partial charge in [-0.1, -0.05) is 32.4 Å². The Morgan fingerprint density at radius 3 is 2.48 bits per heavy atom. The van der Waals surface area contributed by atoms with Gasteiger partial charge in [0, 0.05) is 11.9 Å². The first-order valence-corrected chi connectivity index (χ1v) is 11.6. The summed E-state index contributed by atoms with van der Waals surface area (Å²) in [5, 5.41) is 10.7. The quantitative estimate of drug-likeness (QED) is 0.404. The van der Waals surface area contributed by atoms with Crippen LogP contribution in [0.15, 0.2) is 11.6 Å². The monoisotopic (exact) mass is 435 g/mol. The Morgan fingerprint density at radius 1 is 1.19 bits per heavy atom. The van der Waals surface area contributed by atoms with E-state index in [9.17, 15) is 19.5 Å². The number of carbonyl (C=O) groups excluding carboxylic acids is 3. The van der Waals surface area contributed by atoms with E-state index in [2.05, 4.69) is 26.8 Å². The average Bonchev–Trinajstić information content (AvgIpc) is 2.71. The minimum absolute atomic E-state index is 0.108. The maximum absolute atomic E-state index is 12.2. The molecule has 0 aromatic carbocycles. The third-order valence-corrected chi connectivity index (χ3v) is 8.33. The van der Waals surface area contributed by atoms with Crippen LogP contribution in [0.4, 0.5) is 0 Å². The van der Waals surface area contributed by atoms with Gasteiger partial charge in [-0.05, 0) is 75.5 Å². The number of carbonyl (C=O) groups is 3. The summed E-state index contributed by atoms with van der Waals surface area (Å²) in [7, 11) is 1.42. The number of allylic oxidation sites excluding steroid dienone is 2. The number of hydrogen-bond donors (Lipinski definition) is 0. The lowest BCUT2D eigenvalue weighted by molar-refractivity contribution is -0.305. The van der Waals surface area contributed by atoms with Gasteiger partial charge in [0.2, 0.25) is 0 Å². The molecule has 0 spiro atoms. The first kappa shape index (κ1) is 25.4. The fourth-order valence-corrected chi connectivity index (χ4v) is 6.30. The number of aliphatic carboxylic acids is 1. The second-order valence-electron chi connectivity index (χ2n) is 10.1. The highest BCUT2D eigenvalue weighted by atomic mass is 16.5. The van der Waals surface area contributed by atoms with Gasteiger partial charge in [-0.3, -0.25) is 9.59 Å². The van der Waals surface area contributed by atoms with Crippen molar-refractivity contribution in [3.8, 4) is 0 Å². The van der Waals surface area contributed by atoms with Gasteiger partial charge in [-0.25, -0.2) is 0 Å². The average molecular weight is 436 g/mol. The van der Waals surface area contributed by atoms with Crippen LogP contribution in [0, 0.1) is 28.6 Å². The largest absolute Gasteiger partial charge is 0.550 e. The highest BCUT2D eigenvalue weighted by Crippen LogP contribution is 2.62. The number of hydrogen-bond acceptors (Lipinski definition) is 6. The molecule has 1 saturated carbocycles. The maximum atomic E-state index is 12.2. The summed E-state index contributed by atoms with van der Waals surface area (Å²) in [6.45, 7) is 10.7. The van der Waals surface area contributed by atoms with E-state index in [-0.39, 0.29) is 47.6 Å². The van der Waals surface area contributed by atoms with Gasteiger partial charge in [0.25, 0.3) is 0 Å². The van der Waals surface area contributed by atoms with Crippen molar-refractivity contribution < 1.29 is 29.0 Å². The molecule has 0 radical (unpaired) electrons. The molecule has 0 aromatic heterocycles. The van der Waals surface area contributed by atoms with Crippen molar-refractivity contribution in [1.82, 2.24) is 0 Å². The second-order valence-corrected chi connectivity index (χ2v) is 10.1. The number of carboxylic acid groups (broad SMARTS) is 1. The van der Waals surface area contributed by atoms with E-state index >= 15 is 0 Å². The van der Waals surface area contributed by atoms with E-state index in [4.69, 9.17) is 9.47 Å². The lowest BCUT2D eigenvalue weighted by Crippen LogP contribution is -2.53. The van der Waals surface area contributed by atoms with Crippen molar-refractivity contribution in [2.45, 2.75) is 92.1 Å². The molecule has 0 saturated heterocycles. The van der Waals surface area contributed by atoms with Crippen LogP contribution in [0.3, 0.4) is 0 Å². The minimum atomic E-state index is -1.25. The molecule has 0 heterocycles. The van der Waals surface area contributed by atoms with Gasteiger partial charge >= 0.3 is 11.9 Å². The number of ether oxygens (including phenoxy) is 2. The summed E-state index contributed by atoms with van der Waals surface area (Å²) in [6, 6.07) is 0. The molecule has 0 N–H and O–H groups in total. The van der Waals surface area contributed by atoms with Crippen LogP contribution >= 0.6 is 0 Å². The molecule has 0 amide bonds. The summed E-state index contributed by atoms with van der Waals surface area (Å²) in [5.41, 5.74) is 1.43. The Hall–Kier alpha value is -1.85. The van der Waals surface area contributed by atoms with E-state index in [1.165, 1.54) is 12.7 Å². The van der Waals surface area contributed by atoms with E-state index in [1.54, 1.807) is 0 Å². The second kappa shape index (κ2) is 10.2. The third kappa shape index (κ3) is 5.50. The van der Waals surface area contributed by atoms with Crippen LogP contribution in [-0.2, 0) is 23.9 Å². The van der Waals surface area contributed by atoms with Crippen molar-refractivity contribution in [2.75, 3.05) is 7.11 Å². The molecule has 0 bridgehead atoms. The van der Waals surface area contributed by atoms with Crippen molar-refractivity contribution in [2.24, 2.45) is 28.6 Å². The molecule has 0 aliphatic heterocycles. The molecule has 2 aliphatic rings. The number of carboxylic acids is 1. The lowest BCUT2D eigenvalue weighted by Gasteiger charge is -2.59. The molecule has 6 nitrogen and oxygen atoms in total. The zero-order chi connectivity index (χ0) is 23.4. The molecule has 2 rings (SSSR count). The standard InChI is InChI=1S/C25H40O6/c1-16(23(29)30-6)12-14-25(5)19(18(3)31-22(28)11-10-21(26)27)13-15-24(4)17(2)8-7-9-20(24)25/h8,16,18-20H,7,9-15H2,1-6H3,(H,26,27)/p-1. The van der Waals surface area contributed by atoms with Crippen LogP contribution in [0.25, 0.3) is 0 Å². The Morgan fingerprint density at radius 2 is 1.87 bits per heavy atom. The molecule has 1 fully saturated rings. The van der Waals surface area contributed by atoms with Gasteiger partial charge in [-0.2, -0.15) is 0 Å². The van der Waals surface area contributed by atoms with E-state index in [1.807, 2.05) is 13.8 Å². The Labute approximate surface area is 186 Å². The first-order valence-electron chi connectivity index (χ1n) is 11.6. The number of methoxy groups -OCH3 is 1. The molecular weight excluding hydrogens is 396 g/mol. The highest BCUT2D eigenvalue weighted by Gasteiger charge is 2.56. The predicted octanol–water partition coefficient (Wildman–Crippen LogP) is 3.82. The van der Waals surface area contributed by atoms with Crippen molar-refractivity contribution in [3.05, 3.63) is 11.6 Å². The van der Waals surface area contributed by atoms with Crippen molar-refractivity contribution in [3.63, 3.8) is 0 Å². The third-order valence-electron chi connectivity index (χ3n) is 8.33. The summed E-state index contributed by atoms with van der Waals surface area (Å²) in [6.07, 6.45) is 7.21. The molecule has 0 aromatic rings. The maximum Gasteiger partial charge on any atom is 0.308 e. The summed E-state index contributed by atoms with van der Waals surface area (Å²) in [5.74, 6) is -1.54. The molecule has 2 aliphatic carbocycles. The lowest BCUT2D eigenvalue weighted by atomic mass is 9.46. The summed E-state index contributed by atoms with van der Waals surface area (Å²) >= 11 is 0. The van der Waals surface area contributed by atoms with E-state index in [0.29, 0.717) is 5.92 Å². The molecule has 176 valence electrons. The van der Waals surface area contributed by atoms with Crippen molar-refractivity contribution >= 4 is 17.9 Å². The smallest absolute Gasteiger partial charge is 0.308 e. The Bertz CT molecular complexity index is 713. The fraction of sp³-hybridized carbons (Fsp3) is 0.800. The van der Waals surface area contributed by atoms with Gasteiger partial charge in [-0.15, -0.1) is 0 Å². The van der Waals surface area contributed by atoms with E-state index < -0.39 is 11.9 Å². The van der Waals surface area contributed by atoms with Gasteiger partial charge in [0.15, 0.2) is 0 Å². The van der Waals surface area contributed by atoms with Gasteiger partial charge < -0.3 is 19.4 Å².